The minimum Gasteiger partial charge on any atom is -0.591 e. The quantitative estimate of drug-likeness (QED) is 0.434. The van der Waals surface area contributed by atoms with Crippen LogP contribution in [0.1, 0.15) is 37.6 Å². The minimum atomic E-state index is -4.87. The molecule has 0 saturated heterocycles. The highest BCUT2D eigenvalue weighted by molar-refractivity contribution is 7.91. The summed E-state index contributed by atoms with van der Waals surface area (Å²) in [6.07, 6.45) is -3.63. The molecule has 1 aromatic heterocycles. The lowest BCUT2D eigenvalue weighted by atomic mass is 10.0. The molecule has 2 rings (SSSR count). The summed E-state index contributed by atoms with van der Waals surface area (Å²) in [7, 11) is 0. The molecule has 1 aromatic carbocycles. The van der Waals surface area contributed by atoms with E-state index in [1.807, 2.05) is 0 Å². The Morgan fingerprint density at radius 2 is 1.73 bits per heavy atom. The Bertz CT molecular complexity index is 831. The molecule has 0 radical (unpaired) electrons. The van der Waals surface area contributed by atoms with Gasteiger partial charge in [0.2, 0.25) is 0 Å². The fourth-order valence-electron chi connectivity index (χ4n) is 1.90. The van der Waals surface area contributed by atoms with E-state index in [1.165, 1.54) is 12.3 Å². The van der Waals surface area contributed by atoms with E-state index in [2.05, 4.69) is 9.38 Å². The molecule has 0 amide bonds. The normalized spacial score (nSPS) is 14.4. The summed E-state index contributed by atoms with van der Waals surface area (Å²) >= 11 is -1.87. The molecule has 1 atom stereocenters. The second-order valence-electron chi connectivity index (χ2n) is 6.33. The van der Waals surface area contributed by atoms with Gasteiger partial charge >= 0.3 is 6.18 Å². The summed E-state index contributed by atoms with van der Waals surface area (Å²) in [5.41, 5.74) is -2.24. The highest BCUT2D eigenvalue weighted by Crippen LogP contribution is 2.32. The monoisotopic (exact) mass is 390 g/mol. The largest absolute Gasteiger partial charge is 0.591 e. The zero-order valence-corrected chi connectivity index (χ0v) is 14.9. The molecule has 9 heteroatoms. The third kappa shape index (κ3) is 4.59. The van der Waals surface area contributed by atoms with Crippen molar-refractivity contribution in [2.45, 2.75) is 31.7 Å². The summed E-state index contributed by atoms with van der Waals surface area (Å²) in [6, 6.07) is 4.43. The molecule has 3 nitrogen and oxygen atoms in total. The SMILES string of the molecule is CC(C)(C)[S@@+]([O-])/N=C(/c1ccc(C(F)(F)F)c(F)c1)c1ncccc1F. The molecule has 0 spiro atoms. The Morgan fingerprint density at radius 1 is 1.08 bits per heavy atom. The molecule has 140 valence electrons. The van der Waals surface area contributed by atoms with Crippen LogP contribution < -0.4 is 0 Å². The second-order valence-corrected chi connectivity index (χ2v) is 8.23. The smallest absolute Gasteiger partial charge is 0.419 e. The maximum Gasteiger partial charge on any atom is 0.419 e. The van der Waals surface area contributed by atoms with Gasteiger partial charge in [0.15, 0.2) is 5.82 Å². The molecule has 0 aliphatic heterocycles. The lowest BCUT2D eigenvalue weighted by Gasteiger charge is -2.19. The number of aromatic nitrogens is 1. The molecule has 0 fully saturated rings. The summed E-state index contributed by atoms with van der Waals surface area (Å²) in [5, 5.41) is 0. The van der Waals surface area contributed by atoms with E-state index >= 15 is 0 Å². The van der Waals surface area contributed by atoms with Crippen LogP contribution in [0, 0.1) is 11.6 Å². The predicted octanol–water partition coefficient (Wildman–Crippen LogP) is 4.68. The summed E-state index contributed by atoms with van der Waals surface area (Å²) < 4.78 is 81.7. The van der Waals surface area contributed by atoms with E-state index in [0.717, 1.165) is 12.1 Å². The first-order valence-electron chi connectivity index (χ1n) is 7.40. The highest BCUT2D eigenvalue weighted by Gasteiger charge is 2.35. The average Bonchev–Trinajstić information content (AvgIpc) is 2.51. The van der Waals surface area contributed by atoms with E-state index in [0.29, 0.717) is 12.1 Å². The van der Waals surface area contributed by atoms with Gasteiger partial charge < -0.3 is 4.55 Å². The number of alkyl halides is 3. The zero-order chi connectivity index (χ0) is 19.7. The third-order valence-corrected chi connectivity index (χ3v) is 4.62. The van der Waals surface area contributed by atoms with Crippen molar-refractivity contribution in [3.05, 3.63) is 65.0 Å². The van der Waals surface area contributed by atoms with Crippen molar-refractivity contribution in [3.8, 4) is 0 Å². The van der Waals surface area contributed by atoms with Gasteiger partial charge in [-0.2, -0.15) is 13.2 Å². The maximum atomic E-state index is 14.1. The van der Waals surface area contributed by atoms with Gasteiger partial charge in [0.25, 0.3) is 0 Å². The van der Waals surface area contributed by atoms with Crippen molar-refractivity contribution in [1.82, 2.24) is 4.98 Å². The van der Waals surface area contributed by atoms with Gasteiger partial charge in [-0.3, -0.25) is 4.98 Å². The van der Waals surface area contributed by atoms with Crippen molar-refractivity contribution < 1.29 is 26.5 Å². The molecule has 1 heterocycles. The van der Waals surface area contributed by atoms with E-state index in [1.54, 1.807) is 20.8 Å². The number of hydrogen-bond donors (Lipinski definition) is 0. The number of rotatable bonds is 3. The van der Waals surface area contributed by atoms with Crippen LogP contribution in [0.25, 0.3) is 0 Å². The molecular weight excluding hydrogens is 375 g/mol. The van der Waals surface area contributed by atoms with Gasteiger partial charge in [-0.25, -0.2) is 8.78 Å². The molecule has 0 aliphatic carbocycles. The Balaban J connectivity index is 2.64. The summed E-state index contributed by atoms with van der Waals surface area (Å²) in [5.74, 6) is -2.36. The van der Waals surface area contributed by atoms with Crippen molar-refractivity contribution in [1.29, 1.82) is 0 Å². The van der Waals surface area contributed by atoms with Crippen molar-refractivity contribution in [2.75, 3.05) is 0 Å². The number of benzene rings is 1. The van der Waals surface area contributed by atoms with E-state index in [4.69, 9.17) is 0 Å². The van der Waals surface area contributed by atoms with Crippen LogP contribution in [0.2, 0.25) is 0 Å². The molecule has 0 saturated carbocycles. The molecule has 0 aliphatic rings. The van der Waals surface area contributed by atoms with Gasteiger partial charge in [0.1, 0.15) is 33.3 Å². The first-order valence-corrected chi connectivity index (χ1v) is 8.50. The van der Waals surface area contributed by atoms with Crippen LogP contribution in [0.4, 0.5) is 22.0 Å². The zero-order valence-electron chi connectivity index (χ0n) is 14.1. The van der Waals surface area contributed by atoms with Crippen molar-refractivity contribution in [3.63, 3.8) is 0 Å². The lowest BCUT2D eigenvalue weighted by Crippen LogP contribution is -2.27. The van der Waals surface area contributed by atoms with Gasteiger partial charge in [0, 0.05) is 11.8 Å². The first-order chi connectivity index (χ1) is 11.9. The van der Waals surface area contributed by atoms with Gasteiger partial charge in [-0.05, 0) is 45.0 Å². The average molecular weight is 390 g/mol. The minimum absolute atomic E-state index is 0.161. The van der Waals surface area contributed by atoms with Gasteiger partial charge in [-0.1, -0.05) is 10.5 Å². The lowest BCUT2D eigenvalue weighted by molar-refractivity contribution is -0.140. The molecule has 0 unspecified atom stereocenters. The topological polar surface area (TPSA) is 48.3 Å². The molecule has 26 heavy (non-hydrogen) atoms. The van der Waals surface area contributed by atoms with Crippen LogP contribution in [0.5, 0.6) is 0 Å². The van der Waals surface area contributed by atoms with E-state index in [9.17, 15) is 26.5 Å². The fourth-order valence-corrected chi connectivity index (χ4v) is 2.54. The Kier molecular flexibility index (Phi) is 5.72. The van der Waals surface area contributed by atoms with Crippen molar-refractivity contribution in [2.24, 2.45) is 4.40 Å². The van der Waals surface area contributed by atoms with Crippen LogP contribution in [0.15, 0.2) is 40.9 Å². The first kappa shape index (κ1) is 20.3. The standard InChI is InChI=1S/C17H15F5N2OS/c1-16(2,3)26(25)24-14(15-12(18)5-4-8-23-15)10-6-7-11(13(19)9-10)17(20,21)22/h4-9H,1-3H3/b24-14-/t26-/m1/s1. The molecule has 0 N–H and O–H groups in total. The van der Waals surface area contributed by atoms with E-state index in [-0.39, 0.29) is 17.0 Å². The molecule has 2 aromatic rings. The summed E-state index contributed by atoms with van der Waals surface area (Å²) in [4.78, 5) is 3.81. The number of nitrogens with zero attached hydrogens (tertiary/aromatic N) is 2. The van der Waals surface area contributed by atoms with Crippen LogP contribution in [0.3, 0.4) is 0 Å². The Hall–Kier alpha value is -2.00. The van der Waals surface area contributed by atoms with E-state index < -0.39 is 39.5 Å². The predicted molar refractivity (Wildman–Crippen MR) is 89.1 cm³/mol. The number of halogens is 5. The fraction of sp³-hybridized carbons (Fsp3) is 0.294. The molecular formula is C17H15F5N2OS. The Morgan fingerprint density at radius 3 is 2.23 bits per heavy atom. The highest BCUT2D eigenvalue weighted by atomic mass is 32.2. The Labute approximate surface area is 150 Å². The van der Waals surface area contributed by atoms with Crippen LogP contribution in [-0.2, 0) is 17.5 Å². The van der Waals surface area contributed by atoms with Crippen LogP contribution in [-0.4, -0.2) is 20.0 Å². The van der Waals surface area contributed by atoms with Gasteiger partial charge in [0.05, 0.1) is 5.56 Å². The molecule has 0 bridgehead atoms. The third-order valence-electron chi connectivity index (χ3n) is 3.23. The van der Waals surface area contributed by atoms with Crippen molar-refractivity contribution >= 4 is 17.1 Å². The van der Waals surface area contributed by atoms with Crippen LogP contribution >= 0.6 is 0 Å². The second kappa shape index (κ2) is 7.32. The number of pyridine rings is 1. The maximum absolute atomic E-state index is 14.1. The summed E-state index contributed by atoms with van der Waals surface area (Å²) in [6.45, 7) is 4.85. The van der Waals surface area contributed by atoms with Gasteiger partial charge in [-0.15, -0.1) is 0 Å². The number of hydrogen-bond acceptors (Lipinski definition) is 3.